The molecule has 24 heavy (non-hydrogen) atoms. The van der Waals surface area contributed by atoms with Crippen molar-refractivity contribution in [3.8, 4) is 16.9 Å². The van der Waals surface area contributed by atoms with Crippen LogP contribution in [0.15, 0.2) is 60.2 Å². The Morgan fingerprint density at radius 3 is 2.75 bits per heavy atom. The molecule has 0 aliphatic heterocycles. The van der Waals surface area contributed by atoms with Crippen molar-refractivity contribution in [1.29, 1.82) is 0 Å². The number of thiophene rings is 1. The molecule has 0 aliphatic rings. The summed E-state index contributed by atoms with van der Waals surface area (Å²) in [5.41, 5.74) is 3.21. The maximum absolute atomic E-state index is 12.0. The lowest BCUT2D eigenvalue weighted by molar-refractivity contribution is -0.120. The van der Waals surface area contributed by atoms with E-state index in [0.29, 0.717) is 13.0 Å². The van der Waals surface area contributed by atoms with E-state index in [1.54, 1.807) is 30.8 Å². The first-order valence-corrected chi connectivity index (χ1v) is 8.50. The van der Waals surface area contributed by atoms with Gasteiger partial charge >= 0.3 is 0 Å². The number of hydrogen-bond acceptors (Lipinski definition) is 4. The lowest BCUT2D eigenvalue weighted by Gasteiger charge is -2.03. The quantitative estimate of drug-likeness (QED) is 0.746. The lowest BCUT2D eigenvalue weighted by Crippen LogP contribution is -2.24. The summed E-state index contributed by atoms with van der Waals surface area (Å²) in [7, 11) is 1.66. The predicted molar refractivity (Wildman–Crippen MR) is 96.1 cm³/mol. The summed E-state index contributed by atoms with van der Waals surface area (Å²) in [6.45, 7) is 0.542. The number of nitrogens with one attached hydrogen (secondary N) is 1. The molecule has 0 spiro atoms. The smallest absolute Gasteiger partial charge is 0.224 e. The molecule has 1 amide bonds. The van der Waals surface area contributed by atoms with Crippen molar-refractivity contribution in [3.63, 3.8) is 0 Å². The Kier molecular flexibility index (Phi) is 5.23. The zero-order valence-electron chi connectivity index (χ0n) is 13.4. The van der Waals surface area contributed by atoms with Gasteiger partial charge in [0.05, 0.1) is 20.1 Å². The Labute approximate surface area is 145 Å². The molecule has 0 fully saturated rings. The molecule has 0 aliphatic carbocycles. The molecule has 0 atom stereocenters. The molecule has 2 aromatic heterocycles. The summed E-state index contributed by atoms with van der Waals surface area (Å²) in [6, 6.07) is 13.8. The lowest BCUT2D eigenvalue weighted by atomic mass is 10.1. The number of nitrogens with zero attached hydrogens (tertiary/aromatic N) is 1. The van der Waals surface area contributed by atoms with Crippen molar-refractivity contribution in [2.45, 2.75) is 13.0 Å². The zero-order chi connectivity index (χ0) is 16.8. The van der Waals surface area contributed by atoms with Gasteiger partial charge < -0.3 is 10.1 Å². The normalized spacial score (nSPS) is 10.4. The van der Waals surface area contributed by atoms with Gasteiger partial charge in [-0.3, -0.25) is 9.78 Å². The molecular formula is C19H18N2O2S. The number of aromatic nitrogens is 1. The number of amides is 1. The predicted octanol–water partition coefficient (Wildman–Crippen LogP) is 3.68. The SMILES string of the molecule is COc1ccc(-c2csc(CNC(=O)Cc3cccnc3)c2)cc1. The molecule has 122 valence electrons. The summed E-state index contributed by atoms with van der Waals surface area (Å²) in [5, 5.41) is 5.06. The first-order chi connectivity index (χ1) is 11.7. The van der Waals surface area contributed by atoms with E-state index in [2.05, 4.69) is 21.7 Å². The highest BCUT2D eigenvalue weighted by Crippen LogP contribution is 2.27. The van der Waals surface area contributed by atoms with E-state index in [4.69, 9.17) is 4.74 Å². The van der Waals surface area contributed by atoms with Crippen LogP contribution in [0.1, 0.15) is 10.4 Å². The number of benzene rings is 1. The minimum Gasteiger partial charge on any atom is -0.497 e. The Hall–Kier alpha value is -2.66. The Morgan fingerprint density at radius 2 is 2.04 bits per heavy atom. The third-order valence-corrected chi connectivity index (χ3v) is 4.56. The van der Waals surface area contributed by atoms with Crippen LogP contribution in [0.25, 0.3) is 11.1 Å². The average Bonchev–Trinajstić information content (AvgIpc) is 3.10. The van der Waals surface area contributed by atoms with Gasteiger partial charge in [0.2, 0.25) is 5.91 Å². The maximum atomic E-state index is 12.0. The van der Waals surface area contributed by atoms with Crippen LogP contribution in [0, 0.1) is 0 Å². The number of methoxy groups -OCH3 is 1. The first-order valence-electron chi connectivity index (χ1n) is 7.62. The van der Waals surface area contributed by atoms with Gasteiger partial charge in [0.1, 0.15) is 5.75 Å². The number of hydrogen-bond donors (Lipinski definition) is 1. The molecular weight excluding hydrogens is 320 g/mol. The van der Waals surface area contributed by atoms with Crippen molar-refractivity contribution in [1.82, 2.24) is 10.3 Å². The third-order valence-electron chi connectivity index (χ3n) is 3.62. The Bertz CT molecular complexity index is 798. The van der Waals surface area contributed by atoms with Crippen LogP contribution >= 0.6 is 11.3 Å². The van der Waals surface area contributed by atoms with Crippen molar-refractivity contribution >= 4 is 17.2 Å². The highest BCUT2D eigenvalue weighted by molar-refractivity contribution is 7.10. The summed E-state index contributed by atoms with van der Waals surface area (Å²) in [5.74, 6) is 0.847. The van der Waals surface area contributed by atoms with Crippen LogP contribution in [0.4, 0.5) is 0 Å². The van der Waals surface area contributed by atoms with Gasteiger partial charge in [-0.1, -0.05) is 18.2 Å². The molecule has 4 nitrogen and oxygen atoms in total. The average molecular weight is 338 g/mol. The molecule has 0 saturated carbocycles. The van der Waals surface area contributed by atoms with Gasteiger partial charge in [-0.05, 0) is 46.3 Å². The number of ether oxygens (including phenoxy) is 1. The van der Waals surface area contributed by atoms with Crippen LogP contribution in [0.5, 0.6) is 5.75 Å². The van der Waals surface area contributed by atoms with Gasteiger partial charge in [-0.2, -0.15) is 0 Å². The van der Waals surface area contributed by atoms with E-state index in [0.717, 1.165) is 27.3 Å². The van der Waals surface area contributed by atoms with E-state index in [1.165, 1.54) is 0 Å². The van der Waals surface area contributed by atoms with E-state index in [1.807, 2.05) is 36.4 Å². The maximum Gasteiger partial charge on any atom is 0.224 e. The van der Waals surface area contributed by atoms with E-state index >= 15 is 0 Å². The highest BCUT2D eigenvalue weighted by Gasteiger charge is 2.06. The second-order valence-corrected chi connectivity index (χ2v) is 6.34. The molecule has 0 unspecified atom stereocenters. The van der Waals surface area contributed by atoms with Crippen LogP contribution in [0.3, 0.4) is 0 Å². The summed E-state index contributed by atoms with van der Waals surface area (Å²) in [6.07, 6.45) is 3.77. The molecule has 0 radical (unpaired) electrons. The van der Waals surface area contributed by atoms with Crippen molar-refractivity contribution in [2.24, 2.45) is 0 Å². The monoisotopic (exact) mass is 338 g/mol. The summed E-state index contributed by atoms with van der Waals surface area (Å²) < 4.78 is 5.17. The van der Waals surface area contributed by atoms with E-state index in [9.17, 15) is 4.79 Å². The van der Waals surface area contributed by atoms with Crippen molar-refractivity contribution in [2.75, 3.05) is 7.11 Å². The minimum absolute atomic E-state index is 0.00222. The molecule has 1 N–H and O–H groups in total. The number of rotatable bonds is 6. The standard InChI is InChI=1S/C19H18N2O2S/c1-23-17-6-4-15(5-7-17)16-10-18(24-13-16)12-21-19(22)9-14-3-2-8-20-11-14/h2-8,10-11,13H,9,12H2,1H3,(H,21,22). The molecule has 1 aromatic carbocycles. The number of carbonyl (C=O) groups excluding carboxylic acids is 1. The molecule has 0 saturated heterocycles. The third kappa shape index (κ3) is 4.20. The van der Waals surface area contributed by atoms with E-state index in [-0.39, 0.29) is 5.91 Å². The van der Waals surface area contributed by atoms with Crippen molar-refractivity contribution in [3.05, 3.63) is 70.7 Å². The second kappa shape index (κ2) is 7.75. The largest absolute Gasteiger partial charge is 0.497 e. The van der Waals surface area contributed by atoms with Gasteiger partial charge in [-0.25, -0.2) is 0 Å². The van der Waals surface area contributed by atoms with Crippen LogP contribution in [0.2, 0.25) is 0 Å². The molecule has 5 heteroatoms. The zero-order valence-corrected chi connectivity index (χ0v) is 14.2. The summed E-state index contributed by atoms with van der Waals surface area (Å²) >= 11 is 1.64. The fourth-order valence-corrected chi connectivity index (χ4v) is 3.18. The Morgan fingerprint density at radius 1 is 1.21 bits per heavy atom. The highest BCUT2D eigenvalue weighted by atomic mass is 32.1. The Balaban J connectivity index is 1.56. The molecule has 3 aromatic rings. The minimum atomic E-state index is 0.00222. The van der Waals surface area contributed by atoms with Crippen molar-refractivity contribution < 1.29 is 9.53 Å². The topological polar surface area (TPSA) is 51.2 Å². The first kappa shape index (κ1) is 16.2. The van der Waals surface area contributed by atoms with Crippen LogP contribution in [-0.2, 0) is 17.8 Å². The van der Waals surface area contributed by atoms with Gasteiger partial charge in [-0.15, -0.1) is 11.3 Å². The second-order valence-electron chi connectivity index (χ2n) is 5.34. The van der Waals surface area contributed by atoms with Crippen LogP contribution < -0.4 is 10.1 Å². The number of carbonyl (C=O) groups is 1. The fraction of sp³-hybridized carbons (Fsp3) is 0.158. The van der Waals surface area contributed by atoms with Gasteiger partial charge in [0.15, 0.2) is 0 Å². The van der Waals surface area contributed by atoms with Crippen LogP contribution in [-0.4, -0.2) is 18.0 Å². The molecule has 2 heterocycles. The van der Waals surface area contributed by atoms with E-state index < -0.39 is 0 Å². The van der Waals surface area contributed by atoms with Gasteiger partial charge in [0, 0.05) is 17.3 Å². The molecule has 3 rings (SSSR count). The number of pyridine rings is 1. The molecule has 0 bridgehead atoms. The summed E-state index contributed by atoms with van der Waals surface area (Å²) in [4.78, 5) is 17.1. The fourth-order valence-electron chi connectivity index (χ4n) is 2.34. The van der Waals surface area contributed by atoms with Gasteiger partial charge in [0.25, 0.3) is 0 Å².